The topological polar surface area (TPSA) is 38.8 Å². The van der Waals surface area contributed by atoms with Crippen molar-refractivity contribution in [3.63, 3.8) is 0 Å². The first-order chi connectivity index (χ1) is 9.60. The number of benzene rings is 1. The number of likely N-dealkylation sites (N-methyl/N-ethyl adjacent to an activating group) is 1. The van der Waals surface area contributed by atoms with Crippen LogP contribution in [0.4, 0.5) is 5.69 Å². The maximum atomic E-state index is 10.5. The Balaban J connectivity index is 2.71. The van der Waals surface area contributed by atoms with Gasteiger partial charge in [-0.15, -0.1) is 0 Å². The summed E-state index contributed by atoms with van der Waals surface area (Å²) in [5.41, 5.74) is 2.58. The van der Waals surface area contributed by atoms with E-state index in [4.69, 9.17) is 4.89 Å². The Hall–Kier alpha value is -2.33. The molecular weight excluding hydrogens is 254 g/mol. The molecule has 2 rings (SSSR count). The Morgan fingerprint density at radius 3 is 2.55 bits per heavy atom. The number of allylic oxidation sites excluding steroid dienone is 1. The minimum Gasteiger partial charge on any atom is -0.344 e. The first-order valence-electron chi connectivity index (χ1n) is 6.21. The molecule has 1 unspecified atom stereocenters. The normalized spacial score (nSPS) is 21.2. The Kier molecular flexibility index (Phi) is 3.77. The van der Waals surface area contributed by atoms with E-state index in [2.05, 4.69) is 18.0 Å². The Bertz CT molecular complexity index is 591. The molecule has 0 amide bonds. The van der Waals surface area contributed by atoms with Crippen LogP contribution >= 0.6 is 0 Å². The minimum absolute atomic E-state index is 0.264. The second-order valence-corrected chi connectivity index (χ2v) is 4.59. The molecule has 104 valence electrons. The van der Waals surface area contributed by atoms with Crippen molar-refractivity contribution >= 4 is 12.2 Å². The number of rotatable bonds is 5. The van der Waals surface area contributed by atoms with E-state index < -0.39 is 5.60 Å². The monoisotopic (exact) mass is 271 g/mol. The van der Waals surface area contributed by atoms with Crippen LogP contribution in [0.15, 0.2) is 60.8 Å². The highest BCUT2D eigenvalue weighted by Gasteiger charge is 2.41. The molecule has 0 saturated heterocycles. The van der Waals surface area contributed by atoms with Crippen LogP contribution in [0, 0.1) is 0 Å². The van der Waals surface area contributed by atoms with E-state index >= 15 is 0 Å². The zero-order valence-corrected chi connectivity index (χ0v) is 11.6. The second-order valence-electron chi connectivity index (χ2n) is 4.59. The highest BCUT2D eigenvalue weighted by Crippen LogP contribution is 2.46. The van der Waals surface area contributed by atoms with Crippen LogP contribution in [-0.2, 0) is 20.2 Å². The molecule has 0 bridgehead atoms. The van der Waals surface area contributed by atoms with Crippen LogP contribution < -0.4 is 4.90 Å². The average molecular weight is 271 g/mol. The van der Waals surface area contributed by atoms with E-state index in [1.54, 1.807) is 12.2 Å². The summed E-state index contributed by atoms with van der Waals surface area (Å²) in [6.45, 7) is 9.78. The lowest BCUT2D eigenvalue weighted by Crippen LogP contribution is -2.37. The summed E-state index contributed by atoms with van der Waals surface area (Å²) >= 11 is 0. The lowest BCUT2D eigenvalue weighted by molar-refractivity contribution is -0.313. The number of anilines is 1. The van der Waals surface area contributed by atoms with Gasteiger partial charge < -0.3 is 9.79 Å². The van der Waals surface area contributed by atoms with Crippen molar-refractivity contribution in [2.75, 3.05) is 11.9 Å². The zero-order valence-electron chi connectivity index (χ0n) is 11.6. The quantitative estimate of drug-likeness (QED) is 0.468. The zero-order chi connectivity index (χ0) is 14.8. The molecule has 4 nitrogen and oxygen atoms in total. The van der Waals surface area contributed by atoms with Gasteiger partial charge in [0.1, 0.15) is 0 Å². The van der Waals surface area contributed by atoms with E-state index in [0.717, 1.165) is 22.5 Å². The molecule has 1 aliphatic rings. The summed E-state index contributed by atoms with van der Waals surface area (Å²) in [6.07, 6.45) is 3.42. The maximum Gasteiger partial charge on any atom is 0.330 e. The summed E-state index contributed by atoms with van der Waals surface area (Å²) in [5.74, 6) is 0. The predicted molar refractivity (Wildman–Crippen MR) is 77.9 cm³/mol. The third kappa shape index (κ3) is 1.94. The molecule has 1 aromatic rings. The molecule has 4 heteroatoms. The SMILES string of the molecule is C=CC1=C(C=C)C(C)(OOC=O)c2ccccc2N1C. The van der Waals surface area contributed by atoms with Gasteiger partial charge in [-0.3, -0.25) is 4.79 Å². The molecule has 0 radical (unpaired) electrons. The molecule has 0 aliphatic carbocycles. The fraction of sp³-hybridized carbons (Fsp3) is 0.188. The molecule has 0 fully saturated rings. The summed E-state index contributed by atoms with van der Waals surface area (Å²) in [6, 6.07) is 7.76. The Morgan fingerprint density at radius 2 is 1.95 bits per heavy atom. The average Bonchev–Trinajstić information content (AvgIpc) is 2.48. The number of hydrogen-bond acceptors (Lipinski definition) is 4. The van der Waals surface area contributed by atoms with Crippen molar-refractivity contribution in [3.05, 3.63) is 66.4 Å². The van der Waals surface area contributed by atoms with E-state index in [1.165, 1.54) is 0 Å². The van der Waals surface area contributed by atoms with Crippen LogP contribution in [0.3, 0.4) is 0 Å². The predicted octanol–water partition coefficient (Wildman–Crippen LogP) is 3.08. The first kappa shape index (κ1) is 14.1. The number of fused-ring (bicyclic) bond motifs is 1. The minimum atomic E-state index is -0.921. The van der Waals surface area contributed by atoms with Gasteiger partial charge >= 0.3 is 6.47 Å². The molecule has 0 aromatic heterocycles. The molecule has 0 N–H and O–H groups in total. The molecule has 20 heavy (non-hydrogen) atoms. The number of carbonyl (C=O) groups is 1. The van der Waals surface area contributed by atoms with Gasteiger partial charge in [0.05, 0.1) is 0 Å². The fourth-order valence-electron chi connectivity index (χ4n) is 2.62. The molecule has 1 heterocycles. The lowest BCUT2D eigenvalue weighted by atomic mass is 9.82. The molecule has 0 spiro atoms. The molecule has 0 saturated carbocycles. The van der Waals surface area contributed by atoms with Gasteiger partial charge in [0, 0.05) is 29.6 Å². The van der Waals surface area contributed by atoms with Gasteiger partial charge in [-0.1, -0.05) is 37.4 Å². The molecule has 1 aliphatic heterocycles. The third-order valence-corrected chi connectivity index (χ3v) is 3.58. The first-order valence-corrected chi connectivity index (χ1v) is 6.21. The van der Waals surface area contributed by atoms with E-state index in [0.29, 0.717) is 0 Å². The largest absolute Gasteiger partial charge is 0.344 e. The Morgan fingerprint density at radius 1 is 1.25 bits per heavy atom. The van der Waals surface area contributed by atoms with Crippen LogP contribution in [0.5, 0.6) is 0 Å². The van der Waals surface area contributed by atoms with E-state index in [-0.39, 0.29) is 6.47 Å². The van der Waals surface area contributed by atoms with Crippen molar-refractivity contribution < 1.29 is 14.6 Å². The summed E-state index contributed by atoms with van der Waals surface area (Å²) in [5, 5.41) is 0. The van der Waals surface area contributed by atoms with Crippen molar-refractivity contribution in [1.29, 1.82) is 0 Å². The van der Waals surface area contributed by atoms with Gasteiger partial charge in [-0.25, -0.2) is 0 Å². The molecule has 1 atom stereocenters. The third-order valence-electron chi connectivity index (χ3n) is 3.58. The van der Waals surface area contributed by atoms with Crippen LogP contribution in [0.2, 0.25) is 0 Å². The number of nitrogens with zero attached hydrogens (tertiary/aromatic N) is 1. The van der Waals surface area contributed by atoms with Crippen molar-refractivity contribution in [2.24, 2.45) is 0 Å². The number of hydrogen-bond donors (Lipinski definition) is 0. The van der Waals surface area contributed by atoms with Gasteiger partial charge in [0.2, 0.25) is 0 Å². The lowest BCUT2D eigenvalue weighted by Gasteiger charge is -2.40. The summed E-state index contributed by atoms with van der Waals surface area (Å²) < 4.78 is 0. The van der Waals surface area contributed by atoms with Crippen molar-refractivity contribution in [3.8, 4) is 0 Å². The van der Waals surface area contributed by atoms with Crippen LogP contribution in [0.1, 0.15) is 12.5 Å². The highest BCUT2D eigenvalue weighted by atomic mass is 17.2. The van der Waals surface area contributed by atoms with Gasteiger partial charge in [-0.2, -0.15) is 4.89 Å². The van der Waals surface area contributed by atoms with Gasteiger partial charge in [0.15, 0.2) is 5.60 Å². The smallest absolute Gasteiger partial charge is 0.330 e. The number of carbonyl (C=O) groups excluding carboxylic acids is 1. The van der Waals surface area contributed by atoms with Crippen molar-refractivity contribution in [2.45, 2.75) is 12.5 Å². The summed E-state index contributed by atoms with van der Waals surface area (Å²) in [7, 11) is 1.94. The standard InChI is InChI=1S/C16H17NO3/c1-5-12-14(6-2)17(4)15-10-8-7-9-13(15)16(12,3)20-19-11-18/h5-11H,1-2H2,3-4H3. The van der Waals surface area contributed by atoms with Crippen LogP contribution in [-0.4, -0.2) is 13.5 Å². The van der Waals surface area contributed by atoms with Gasteiger partial charge in [0.25, 0.3) is 0 Å². The second kappa shape index (κ2) is 5.35. The summed E-state index contributed by atoms with van der Waals surface area (Å²) in [4.78, 5) is 22.4. The highest BCUT2D eigenvalue weighted by molar-refractivity contribution is 5.69. The number of para-hydroxylation sites is 1. The van der Waals surface area contributed by atoms with Gasteiger partial charge in [-0.05, 0) is 19.1 Å². The van der Waals surface area contributed by atoms with E-state index in [9.17, 15) is 4.79 Å². The Labute approximate surface area is 118 Å². The molecular formula is C16H17NO3. The molecule has 1 aromatic carbocycles. The maximum absolute atomic E-state index is 10.5. The van der Waals surface area contributed by atoms with Crippen LogP contribution in [0.25, 0.3) is 0 Å². The van der Waals surface area contributed by atoms with Crippen molar-refractivity contribution in [1.82, 2.24) is 0 Å². The fourth-order valence-corrected chi connectivity index (χ4v) is 2.62. The van der Waals surface area contributed by atoms with E-state index in [1.807, 2.05) is 43.1 Å².